The first kappa shape index (κ1) is 16.0. The minimum atomic E-state index is 0.360. The first-order chi connectivity index (χ1) is 11.4. The number of hydrogen-bond donors (Lipinski definition) is 0. The number of piperazine rings is 1. The second kappa shape index (κ2) is 8.09. The van der Waals surface area contributed by atoms with E-state index in [4.69, 9.17) is 0 Å². The number of rotatable bonds is 6. The molecule has 0 radical (unpaired) electrons. The molecular formula is C21H26N2. The lowest BCUT2D eigenvalue weighted by molar-refractivity contribution is 0.111. The highest BCUT2D eigenvalue weighted by atomic mass is 15.3. The Morgan fingerprint density at radius 3 is 1.83 bits per heavy atom. The molecule has 0 unspecified atom stereocenters. The monoisotopic (exact) mass is 306 g/mol. The highest BCUT2D eigenvalue weighted by molar-refractivity contribution is 5.31. The minimum absolute atomic E-state index is 0.360. The van der Waals surface area contributed by atoms with Gasteiger partial charge in [-0.1, -0.05) is 66.7 Å². The van der Waals surface area contributed by atoms with Crippen molar-refractivity contribution in [3.05, 3.63) is 84.4 Å². The fourth-order valence-electron chi connectivity index (χ4n) is 3.40. The van der Waals surface area contributed by atoms with Crippen LogP contribution in [0.5, 0.6) is 0 Å². The Hall–Kier alpha value is -1.90. The van der Waals surface area contributed by atoms with Gasteiger partial charge < -0.3 is 4.90 Å². The summed E-state index contributed by atoms with van der Waals surface area (Å²) in [6.45, 7) is 9.49. The van der Waals surface area contributed by atoms with Crippen molar-refractivity contribution >= 4 is 0 Å². The average Bonchev–Trinajstić information content (AvgIpc) is 2.63. The van der Waals surface area contributed by atoms with E-state index in [9.17, 15) is 0 Å². The zero-order valence-corrected chi connectivity index (χ0v) is 13.8. The Bertz CT molecular complexity index is 546. The van der Waals surface area contributed by atoms with E-state index in [1.165, 1.54) is 11.1 Å². The van der Waals surface area contributed by atoms with E-state index in [2.05, 4.69) is 77.0 Å². The molecule has 0 bridgehead atoms. The quantitative estimate of drug-likeness (QED) is 0.745. The molecule has 2 nitrogen and oxygen atoms in total. The Kier molecular flexibility index (Phi) is 5.62. The van der Waals surface area contributed by atoms with E-state index < -0.39 is 0 Å². The van der Waals surface area contributed by atoms with Gasteiger partial charge in [0.2, 0.25) is 0 Å². The van der Waals surface area contributed by atoms with E-state index in [1.807, 2.05) is 6.08 Å². The van der Waals surface area contributed by atoms with Crippen LogP contribution in [0.1, 0.15) is 23.6 Å². The summed E-state index contributed by atoms with van der Waals surface area (Å²) < 4.78 is 0. The van der Waals surface area contributed by atoms with Gasteiger partial charge in [0.15, 0.2) is 0 Å². The molecule has 1 heterocycles. The smallest absolute Gasteiger partial charge is 0.0602 e. The normalized spacial score (nSPS) is 16.6. The number of benzene rings is 2. The van der Waals surface area contributed by atoms with Crippen LogP contribution in [0, 0.1) is 0 Å². The summed E-state index contributed by atoms with van der Waals surface area (Å²) in [5.74, 6) is 0. The molecule has 2 heteroatoms. The van der Waals surface area contributed by atoms with Gasteiger partial charge in [0, 0.05) is 32.7 Å². The van der Waals surface area contributed by atoms with E-state index in [0.29, 0.717) is 6.04 Å². The van der Waals surface area contributed by atoms with Gasteiger partial charge in [0.05, 0.1) is 6.04 Å². The lowest BCUT2D eigenvalue weighted by Gasteiger charge is -2.39. The molecule has 0 N–H and O–H groups in total. The summed E-state index contributed by atoms with van der Waals surface area (Å²) in [5.41, 5.74) is 2.77. The summed E-state index contributed by atoms with van der Waals surface area (Å²) in [4.78, 5) is 5.17. The third-order valence-corrected chi connectivity index (χ3v) is 4.65. The van der Waals surface area contributed by atoms with Gasteiger partial charge in [-0.05, 0) is 17.5 Å². The molecule has 1 aliphatic heterocycles. The maximum absolute atomic E-state index is 3.83. The van der Waals surface area contributed by atoms with Crippen LogP contribution in [0.2, 0.25) is 0 Å². The van der Waals surface area contributed by atoms with Crippen molar-refractivity contribution in [2.24, 2.45) is 0 Å². The maximum Gasteiger partial charge on any atom is 0.0602 e. The zero-order valence-electron chi connectivity index (χ0n) is 13.8. The fourth-order valence-corrected chi connectivity index (χ4v) is 3.40. The Labute approximate surface area is 140 Å². The topological polar surface area (TPSA) is 6.48 Å². The molecule has 0 amide bonds. The predicted molar refractivity (Wildman–Crippen MR) is 97.6 cm³/mol. The molecule has 1 fully saturated rings. The number of nitrogens with zero attached hydrogens (tertiary/aromatic N) is 2. The summed E-state index contributed by atoms with van der Waals surface area (Å²) in [7, 11) is 0. The van der Waals surface area contributed by atoms with Gasteiger partial charge >= 0.3 is 0 Å². The summed E-state index contributed by atoms with van der Waals surface area (Å²) >= 11 is 0. The van der Waals surface area contributed by atoms with Crippen LogP contribution in [0.3, 0.4) is 0 Å². The van der Waals surface area contributed by atoms with E-state index >= 15 is 0 Å². The zero-order chi connectivity index (χ0) is 15.9. The van der Waals surface area contributed by atoms with Gasteiger partial charge in [0.25, 0.3) is 0 Å². The van der Waals surface area contributed by atoms with Crippen molar-refractivity contribution in [3.63, 3.8) is 0 Å². The maximum atomic E-state index is 3.83. The predicted octanol–water partition coefficient (Wildman–Crippen LogP) is 3.97. The van der Waals surface area contributed by atoms with Gasteiger partial charge in [0.1, 0.15) is 0 Å². The summed E-state index contributed by atoms with van der Waals surface area (Å²) in [6, 6.07) is 22.1. The second-order valence-corrected chi connectivity index (χ2v) is 6.18. The fraction of sp³-hybridized carbons (Fsp3) is 0.333. The molecule has 0 saturated carbocycles. The van der Waals surface area contributed by atoms with Gasteiger partial charge in [-0.25, -0.2) is 0 Å². The molecule has 120 valence electrons. The van der Waals surface area contributed by atoms with Crippen LogP contribution < -0.4 is 0 Å². The highest BCUT2D eigenvalue weighted by Crippen LogP contribution is 2.29. The molecular weight excluding hydrogens is 280 g/mol. The Morgan fingerprint density at radius 1 is 0.826 bits per heavy atom. The number of hydrogen-bond acceptors (Lipinski definition) is 2. The molecule has 0 spiro atoms. The van der Waals surface area contributed by atoms with Crippen molar-refractivity contribution in [1.29, 1.82) is 0 Å². The Balaban J connectivity index is 1.76. The van der Waals surface area contributed by atoms with Crippen LogP contribution >= 0.6 is 0 Å². The molecule has 0 aliphatic carbocycles. The first-order valence-corrected chi connectivity index (χ1v) is 8.55. The highest BCUT2D eigenvalue weighted by Gasteiger charge is 2.25. The third-order valence-electron chi connectivity index (χ3n) is 4.65. The standard InChI is InChI=1S/C21H26N2/c1-2-3-14-22-15-17-23(18-16-22)21(19-10-6-4-7-11-19)20-12-8-5-9-13-20/h2,4-13,21H,1,3,14-18H2. The van der Waals surface area contributed by atoms with Crippen LogP contribution in [0.4, 0.5) is 0 Å². The minimum Gasteiger partial charge on any atom is -0.300 e. The van der Waals surface area contributed by atoms with Crippen molar-refractivity contribution in [2.45, 2.75) is 12.5 Å². The molecule has 0 aromatic heterocycles. The van der Waals surface area contributed by atoms with Gasteiger partial charge in [-0.2, -0.15) is 0 Å². The summed E-state index contributed by atoms with van der Waals surface area (Å²) in [6.07, 6.45) is 3.10. The molecule has 2 aromatic carbocycles. The molecule has 2 aromatic rings. The van der Waals surface area contributed by atoms with E-state index in [-0.39, 0.29) is 0 Å². The van der Waals surface area contributed by atoms with Crippen LogP contribution in [-0.2, 0) is 0 Å². The molecule has 0 atom stereocenters. The van der Waals surface area contributed by atoms with Gasteiger partial charge in [-0.15, -0.1) is 6.58 Å². The lowest BCUT2D eigenvalue weighted by atomic mass is 9.96. The van der Waals surface area contributed by atoms with Crippen molar-refractivity contribution in [3.8, 4) is 0 Å². The first-order valence-electron chi connectivity index (χ1n) is 8.55. The summed E-state index contributed by atoms with van der Waals surface area (Å²) in [5, 5.41) is 0. The largest absolute Gasteiger partial charge is 0.300 e. The average molecular weight is 306 g/mol. The van der Waals surface area contributed by atoms with Crippen molar-refractivity contribution < 1.29 is 0 Å². The van der Waals surface area contributed by atoms with Crippen LogP contribution in [0.25, 0.3) is 0 Å². The third kappa shape index (κ3) is 4.10. The Morgan fingerprint density at radius 2 is 1.35 bits per heavy atom. The molecule has 23 heavy (non-hydrogen) atoms. The van der Waals surface area contributed by atoms with Gasteiger partial charge in [-0.3, -0.25) is 4.90 Å². The van der Waals surface area contributed by atoms with E-state index in [1.54, 1.807) is 0 Å². The molecule has 1 saturated heterocycles. The van der Waals surface area contributed by atoms with Crippen molar-refractivity contribution in [1.82, 2.24) is 9.80 Å². The van der Waals surface area contributed by atoms with Crippen LogP contribution in [-0.4, -0.2) is 42.5 Å². The lowest BCUT2D eigenvalue weighted by Crippen LogP contribution is -2.47. The van der Waals surface area contributed by atoms with Crippen molar-refractivity contribution in [2.75, 3.05) is 32.7 Å². The molecule has 1 aliphatic rings. The molecule has 3 rings (SSSR count). The SMILES string of the molecule is C=CCCN1CCN(C(c2ccccc2)c2ccccc2)CC1. The van der Waals surface area contributed by atoms with Crippen LogP contribution in [0.15, 0.2) is 73.3 Å². The van der Waals surface area contributed by atoms with E-state index in [0.717, 1.165) is 39.1 Å². The second-order valence-electron chi connectivity index (χ2n) is 6.18.